The summed E-state index contributed by atoms with van der Waals surface area (Å²) in [5.41, 5.74) is 1.78. The molecule has 0 radical (unpaired) electrons. The summed E-state index contributed by atoms with van der Waals surface area (Å²) < 4.78 is 4.57. The molecule has 0 aliphatic rings. The molecule has 0 saturated heterocycles. The number of aryl methyl sites for hydroxylation is 1. The van der Waals surface area contributed by atoms with Gasteiger partial charge in [-0.1, -0.05) is 34.0 Å². The van der Waals surface area contributed by atoms with E-state index in [0.717, 1.165) is 0 Å². The van der Waals surface area contributed by atoms with Crippen molar-refractivity contribution in [3.63, 3.8) is 0 Å². The van der Waals surface area contributed by atoms with Crippen LogP contribution in [-0.2, 0) is 11.2 Å². The highest BCUT2D eigenvalue weighted by Crippen LogP contribution is 2.24. The Balaban J connectivity index is 2.30. The summed E-state index contributed by atoms with van der Waals surface area (Å²) >= 11 is 5.87. The molecule has 0 fully saturated rings. The van der Waals surface area contributed by atoms with Crippen LogP contribution in [0.4, 0.5) is 0 Å². The molecule has 0 spiro atoms. The number of halogens is 1. The third-order valence-electron chi connectivity index (χ3n) is 2.69. The topological polar surface area (TPSA) is 76.2 Å². The van der Waals surface area contributed by atoms with Gasteiger partial charge in [0.25, 0.3) is 0 Å². The highest BCUT2D eigenvalue weighted by Gasteiger charge is 2.23. The minimum Gasteiger partial charge on any atom is -0.481 e. The first-order valence-corrected chi connectivity index (χ1v) is 5.72. The van der Waals surface area contributed by atoms with Crippen molar-refractivity contribution in [2.75, 3.05) is 0 Å². The fourth-order valence-electron chi connectivity index (χ4n) is 1.70. The maximum atomic E-state index is 11.3. The number of carboxylic acid groups (broad SMARTS) is 1. The third kappa shape index (κ3) is 2.68. The molecule has 6 heteroatoms. The number of rotatable bonds is 4. The van der Waals surface area contributed by atoms with Gasteiger partial charge in [0.15, 0.2) is 0 Å². The number of aliphatic carboxylic acids is 1. The Kier molecular flexibility index (Phi) is 3.62. The zero-order valence-electron chi connectivity index (χ0n) is 9.63. The molecule has 0 aliphatic heterocycles. The van der Waals surface area contributed by atoms with E-state index in [1.54, 1.807) is 31.2 Å². The number of nitrogens with zero attached hydrogens (tertiary/aromatic N) is 2. The van der Waals surface area contributed by atoms with E-state index in [1.807, 2.05) is 0 Å². The number of carboxylic acids is 1. The molecule has 2 rings (SSSR count). The Morgan fingerprint density at radius 1 is 1.50 bits per heavy atom. The van der Waals surface area contributed by atoms with Crippen molar-refractivity contribution in [2.24, 2.45) is 0 Å². The lowest BCUT2D eigenvalue weighted by molar-refractivity contribution is -0.138. The Labute approximate surface area is 108 Å². The molecule has 0 aliphatic carbocycles. The highest BCUT2D eigenvalue weighted by atomic mass is 35.5. The number of benzene rings is 1. The van der Waals surface area contributed by atoms with Gasteiger partial charge in [0.05, 0.1) is 5.92 Å². The van der Waals surface area contributed by atoms with Gasteiger partial charge in [0.1, 0.15) is 11.4 Å². The van der Waals surface area contributed by atoms with Crippen LogP contribution in [-0.4, -0.2) is 21.4 Å². The second kappa shape index (κ2) is 5.18. The monoisotopic (exact) mass is 266 g/mol. The van der Waals surface area contributed by atoms with Crippen molar-refractivity contribution in [2.45, 2.75) is 19.3 Å². The first-order chi connectivity index (χ1) is 8.58. The summed E-state index contributed by atoms with van der Waals surface area (Å²) in [6, 6.07) is 6.80. The average molecular weight is 267 g/mol. The lowest BCUT2D eigenvalue weighted by Gasteiger charge is -2.11. The minimum atomic E-state index is -0.931. The number of carbonyl (C=O) groups is 1. The lowest BCUT2D eigenvalue weighted by Crippen LogP contribution is -2.15. The second-order valence-electron chi connectivity index (χ2n) is 3.95. The van der Waals surface area contributed by atoms with Crippen LogP contribution in [0, 0.1) is 6.92 Å². The van der Waals surface area contributed by atoms with E-state index in [2.05, 4.69) is 14.9 Å². The molecule has 18 heavy (non-hydrogen) atoms. The summed E-state index contributed by atoms with van der Waals surface area (Å²) in [5.74, 6) is -1.64. The normalized spacial score (nSPS) is 12.3. The standard InChI is InChI=1S/C12H11ClN2O3/c1-7-11(15-18-14-7)6-10(12(16)17)8-3-2-4-9(13)5-8/h2-5,10H,6H2,1H3,(H,16,17). The van der Waals surface area contributed by atoms with Gasteiger partial charge in [-0.3, -0.25) is 4.79 Å². The molecule has 1 aromatic heterocycles. The maximum Gasteiger partial charge on any atom is 0.311 e. The van der Waals surface area contributed by atoms with Crippen molar-refractivity contribution >= 4 is 17.6 Å². The van der Waals surface area contributed by atoms with Crippen molar-refractivity contribution in [3.8, 4) is 0 Å². The zero-order valence-corrected chi connectivity index (χ0v) is 10.4. The Morgan fingerprint density at radius 3 is 2.83 bits per heavy atom. The van der Waals surface area contributed by atoms with Crippen LogP contribution < -0.4 is 0 Å². The molecule has 1 N–H and O–H groups in total. The van der Waals surface area contributed by atoms with Crippen LogP contribution in [0.25, 0.3) is 0 Å². The fourth-order valence-corrected chi connectivity index (χ4v) is 1.90. The average Bonchev–Trinajstić information content (AvgIpc) is 2.71. The highest BCUT2D eigenvalue weighted by molar-refractivity contribution is 6.30. The first-order valence-electron chi connectivity index (χ1n) is 5.34. The third-order valence-corrected chi connectivity index (χ3v) is 2.93. The molecule has 1 unspecified atom stereocenters. The van der Waals surface area contributed by atoms with E-state index in [-0.39, 0.29) is 6.42 Å². The summed E-state index contributed by atoms with van der Waals surface area (Å²) in [6.45, 7) is 1.72. The Bertz CT molecular complexity index is 568. The van der Waals surface area contributed by atoms with E-state index in [9.17, 15) is 9.90 Å². The van der Waals surface area contributed by atoms with Gasteiger partial charge in [0.2, 0.25) is 0 Å². The fraction of sp³-hybridized carbons (Fsp3) is 0.250. The Morgan fingerprint density at radius 2 is 2.28 bits per heavy atom. The lowest BCUT2D eigenvalue weighted by atomic mass is 9.94. The largest absolute Gasteiger partial charge is 0.481 e. The summed E-state index contributed by atoms with van der Waals surface area (Å²) in [5, 5.41) is 17.1. The van der Waals surface area contributed by atoms with Crippen molar-refractivity contribution in [3.05, 3.63) is 46.2 Å². The molecule has 0 amide bonds. The number of aromatic nitrogens is 2. The van der Waals surface area contributed by atoms with E-state index < -0.39 is 11.9 Å². The number of hydrogen-bond acceptors (Lipinski definition) is 4. The van der Waals surface area contributed by atoms with Crippen molar-refractivity contribution in [1.82, 2.24) is 10.3 Å². The molecule has 2 aromatic rings. The van der Waals surface area contributed by atoms with E-state index in [0.29, 0.717) is 22.0 Å². The van der Waals surface area contributed by atoms with E-state index in [1.165, 1.54) is 0 Å². The summed E-state index contributed by atoms with van der Waals surface area (Å²) in [4.78, 5) is 11.3. The smallest absolute Gasteiger partial charge is 0.311 e. The van der Waals surface area contributed by atoms with Crippen LogP contribution >= 0.6 is 11.6 Å². The van der Waals surface area contributed by atoms with Crippen molar-refractivity contribution in [1.29, 1.82) is 0 Å². The van der Waals surface area contributed by atoms with Gasteiger partial charge in [-0.05, 0) is 24.6 Å². The first kappa shape index (κ1) is 12.6. The Hall–Kier alpha value is -1.88. The summed E-state index contributed by atoms with van der Waals surface area (Å²) in [7, 11) is 0. The van der Waals surface area contributed by atoms with Crippen LogP contribution in [0.2, 0.25) is 5.02 Å². The molecule has 1 atom stereocenters. The van der Waals surface area contributed by atoms with Crippen LogP contribution in [0.3, 0.4) is 0 Å². The van der Waals surface area contributed by atoms with Gasteiger partial charge >= 0.3 is 5.97 Å². The van der Waals surface area contributed by atoms with Crippen molar-refractivity contribution < 1.29 is 14.5 Å². The van der Waals surface area contributed by atoms with Crippen LogP contribution in [0.15, 0.2) is 28.9 Å². The van der Waals surface area contributed by atoms with E-state index >= 15 is 0 Å². The van der Waals surface area contributed by atoms with Crippen LogP contribution in [0.1, 0.15) is 22.9 Å². The van der Waals surface area contributed by atoms with E-state index in [4.69, 9.17) is 11.6 Å². The minimum absolute atomic E-state index is 0.227. The SMILES string of the molecule is Cc1nonc1CC(C(=O)O)c1cccc(Cl)c1. The molecule has 0 bridgehead atoms. The van der Waals surface area contributed by atoms with Gasteiger partial charge in [-0.2, -0.15) is 0 Å². The van der Waals surface area contributed by atoms with Crippen LogP contribution in [0.5, 0.6) is 0 Å². The van der Waals surface area contributed by atoms with Gasteiger partial charge < -0.3 is 5.11 Å². The maximum absolute atomic E-state index is 11.3. The molecular formula is C12H11ClN2O3. The molecule has 94 valence electrons. The predicted octanol–water partition coefficient (Wildman–Crippen LogP) is 2.44. The summed E-state index contributed by atoms with van der Waals surface area (Å²) in [6.07, 6.45) is 0.227. The van der Waals surface area contributed by atoms with Gasteiger partial charge in [-0.25, -0.2) is 4.63 Å². The quantitative estimate of drug-likeness (QED) is 0.920. The number of hydrogen-bond donors (Lipinski definition) is 1. The van der Waals surface area contributed by atoms with Gasteiger partial charge in [-0.15, -0.1) is 0 Å². The molecule has 1 heterocycles. The molecule has 5 nitrogen and oxygen atoms in total. The van der Waals surface area contributed by atoms with Gasteiger partial charge in [0, 0.05) is 11.4 Å². The second-order valence-corrected chi connectivity index (χ2v) is 4.38. The predicted molar refractivity (Wildman–Crippen MR) is 64.6 cm³/mol. The molecular weight excluding hydrogens is 256 g/mol. The molecule has 1 aromatic carbocycles. The zero-order chi connectivity index (χ0) is 13.1. The molecule has 0 saturated carbocycles.